The number of esters is 1. The fraction of sp³-hybridized carbons (Fsp3) is 0.650. The fourth-order valence-electron chi connectivity index (χ4n) is 3.10. The Morgan fingerprint density at radius 1 is 1.26 bits per heavy atom. The van der Waals surface area contributed by atoms with Gasteiger partial charge >= 0.3 is 5.97 Å². The third-order valence-electron chi connectivity index (χ3n) is 4.78. The molecule has 2 rings (SSSR count). The summed E-state index contributed by atoms with van der Waals surface area (Å²) in [6, 6.07) is 7.78. The van der Waals surface area contributed by atoms with E-state index in [0.717, 1.165) is 44.0 Å². The van der Waals surface area contributed by atoms with Crippen molar-refractivity contribution in [2.24, 2.45) is 0 Å². The summed E-state index contributed by atoms with van der Waals surface area (Å²) in [5, 5.41) is 13.5. The molecule has 0 spiro atoms. The number of carbonyl (C=O) groups excluding carboxylic acids is 1. The molecule has 0 aliphatic carbocycles. The van der Waals surface area contributed by atoms with Crippen molar-refractivity contribution in [1.82, 2.24) is 15.1 Å². The van der Waals surface area contributed by atoms with Crippen LogP contribution in [0.3, 0.4) is 0 Å². The molecular formula is C20H33N3O4. The molecule has 27 heavy (non-hydrogen) atoms. The van der Waals surface area contributed by atoms with Gasteiger partial charge in [-0.2, -0.15) is 0 Å². The van der Waals surface area contributed by atoms with E-state index in [1.54, 1.807) is 0 Å². The highest BCUT2D eigenvalue weighted by atomic mass is 16.5. The molecule has 1 saturated heterocycles. The molecule has 1 heterocycles. The second-order valence-electron chi connectivity index (χ2n) is 6.85. The zero-order valence-corrected chi connectivity index (χ0v) is 16.5. The van der Waals surface area contributed by atoms with Gasteiger partial charge in [0.15, 0.2) is 0 Å². The van der Waals surface area contributed by atoms with Gasteiger partial charge in [0.05, 0.1) is 13.5 Å². The number of nitrogens with one attached hydrogen (secondary N) is 1. The van der Waals surface area contributed by atoms with E-state index in [0.29, 0.717) is 26.1 Å². The van der Waals surface area contributed by atoms with E-state index in [9.17, 15) is 9.90 Å². The zero-order valence-electron chi connectivity index (χ0n) is 16.5. The number of carbonyl (C=O) groups is 1. The third kappa shape index (κ3) is 8.26. The number of hydrogen-bond acceptors (Lipinski definition) is 7. The number of β-amino-alcohol motifs (C(OH)–C–C–N with tert-alkyl or cyclic N) is 1. The Labute approximate surface area is 162 Å². The van der Waals surface area contributed by atoms with Gasteiger partial charge in [-0.05, 0) is 24.2 Å². The van der Waals surface area contributed by atoms with E-state index in [-0.39, 0.29) is 12.6 Å². The molecule has 0 amide bonds. The van der Waals surface area contributed by atoms with Crippen LogP contribution in [0, 0.1) is 0 Å². The van der Waals surface area contributed by atoms with E-state index >= 15 is 0 Å². The minimum Gasteiger partial charge on any atom is -0.491 e. The Balaban J connectivity index is 1.67. The largest absolute Gasteiger partial charge is 0.491 e. The summed E-state index contributed by atoms with van der Waals surface area (Å²) < 4.78 is 10.4. The highest BCUT2D eigenvalue weighted by Gasteiger charge is 2.18. The normalized spacial score (nSPS) is 16.9. The number of piperazine rings is 1. The Kier molecular flexibility index (Phi) is 9.55. The lowest BCUT2D eigenvalue weighted by molar-refractivity contribution is -0.140. The standard InChI is InChI=1S/C20H33N3O4/c1-3-22-9-11-23(12-10-22)15-18(24)16-27-19-6-4-5-17(13-19)14-21-8-7-20(25)26-2/h4-6,13,18,21,24H,3,7-12,14-16H2,1-2H3. The van der Waals surface area contributed by atoms with Crippen molar-refractivity contribution in [2.45, 2.75) is 26.0 Å². The van der Waals surface area contributed by atoms with Crippen LogP contribution in [0.5, 0.6) is 5.75 Å². The highest BCUT2D eigenvalue weighted by Crippen LogP contribution is 2.14. The Hall–Kier alpha value is -1.67. The summed E-state index contributed by atoms with van der Waals surface area (Å²) in [5.74, 6) is 0.529. The van der Waals surface area contributed by atoms with Crippen LogP contribution >= 0.6 is 0 Å². The van der Waals surface area contributed by atoms with Crippen LogP contribution in [0.1, 0.15) is 18.9 Å². The molecule has 1 atom stereocenters. The molecule has 1 aromatic carbocycles. The number of aliphatic hydroxyl groups excluding tert-OH is 1. The van der Waals surface area contributed by atoms with Crippen molar-refractivity contribution in [2.75, 3.05) is 59.5 Å². The predicted molar refractivity (Wildman–Crippen MR) is 105 cm³/mol. The quantitative estimate of drug-likeness (QED) is 0.433. The van der Waals surface area contributed by atoms with Gasteiger partial charge in [-0.3, -0.25) is 9.69 Å². The number of rotatable bonds is 11. The Morgan fingerprint density at radius 3 is 2.70 bits per heavy atom. The van der Waals surface area contributed by atoms with Gasteiger partial charge in [-0.1, -0.05) is 19.1 Å². The maximum absolute atomic E-state index is 11.1. The average Bonchev–Trinajstić information content (AvgIpc) is 2.70. The Morgan fingerprint density at radius 2 is 2.00 bits per heavy atom. The van der Waals surface area contributed by atoms with Gasteiger partial charge in [-0.15, -0.1) is 0 Å². The highest BCUT2D eigenvalue weighted by molar-refractivity contribution is 5.69. The number of ether oxygens (including phenoxy) is 2. The van der Waals surface area contributed by atoms with Crippen LogP contribution < -0.4 is 10.1 Å². The number of hydrogen-bond donors (Lipinski definition) is 2. The lowest BCUT2D eigenvalue weighted by Gasteiger charge is -2.34. The van der Waals surface area contributed by atoms with E-state index in [1.807, 2.05) is 24.3 Å². The van der Waals surface area contributed by atoms with E-state index < -0.39 is 6.10 Å². The molecule has 1 aliphatic rings. The van der Waals surface area contributed by atoms with Crippen LogP contribution in [0.15, 0.2) is 24.3 Å². The zero-order chi connectivity index (χ0) is 19.5. The van der Waals surface area contributed by atoms with Gasteiger partial charge in [-0.25, -0.2) is 0 Å². The van der Waals surface area contributed by atoms with Gasteiger partial charge in [0, 0.05) is 45.8 Å². The molecular weight excluding hydrogens is 346 g/mol. The molecule has 7 heteroatoms. The molecule has 1 unspecified atom stereocenters. The first-order chi connectivity index (χ1) is 13.1. The molecule has 1 aromatic rings. The van der Waals surface area contributed by atoms with Crippen LogP contribution in [-0.2, 0) is 16.1 Å². The summed E-state index contributed by atoms with van der Waals surface area (Å²) >= 11 is 0. The Bertz CT molecular complexity index is 562. The number of methoxy groups -OCH3 is 1. The van der Waals surface area contributed by atoms with Crippen molar-refractivity contribution >= 4 is 5.97 Å². The molecule has 0 aromatic heterocycles. The summed E-state index contributed by atoms with van der Waals surface area (Å²) in [4.78, 5) is 15.8. The topological polar surface area (TPSA) is 74.3 Å². The van der Waals surface area contributed by atoms with E-state index in [4.69, 9.17) is 4.74 Å². The van der Waals surface area contributed by atoms with Crippen molar-refractivity contribution < 1.29 is 19.4 Å². The summed E-state index contributed by atoms with van der Waals surface area (Å²) in [5.41, 5.74) is 1.07. The van der Waals surface area contributed by atoms with Crippen molar-refractivity contribution in [3.8, 4) is 5.75 Å². The molecule has 2 N–H and O–H groups in total. The maximum Gasteiger partial charge on any atom is 0.306 e. The molecule has 0 radical (unpaired) electrons. The molecule has 1 fully saturated rings. The first kappa shape index (κ1) is 21.6. The van der Waals surface area contributed by atoms with Crippen molar-refractivity contribution in [1.29, 1.82) is 0 Å². The number of likely N-dealkylation sites (N-methyl/N-ethyl adjacent to an activating group) is 1. The number of benzene rings is 1. The lowest BCUT2D eigenvalue weighted by Crippen LogP contribution is -2.49. The van der Waals surface area contributed by atoms with Gasteiger partial charge < -0.3 is 24.8 Å². The predicted octanol–water partition coefficient (Wildman–Crippen LogP) is 0.717. The van der Waals surface area contributed by atoms with Gasteiger partial charge in [0.1, 0.15) is 18.5 Å². The third-order valence-corrected chi connectivity index (χ3v) is 4.78. The van der Waals surface area contributed by atoms with E-state index in [2.05, 4.69) is 26.8 Å². The van der Waals surface area contributed by atoms with Gasteiger partial charge in [0.2, 0.25) is 0 Å². The van der Waals surface area contributed by atoms with Crippen molar-refractivity contribution in [3.63, 3.8) is 0 Å². The summed E-state index contributed by atoms with van der Waals surface area (Å²) in [6.45, 7) is 9.55. The second-order valence-corrected chi connectivity index (χ2v) is 6.85. The van der Waals surface area contributed by atoms with Crippen LogP contribution in [-0.4, -0.2) is 86.5 Å². The minimum absolute atomic E-state index is 0.218. The molecule has 7 nitrogen and oxygen atoms in total. The monoisotopic (exact) mass is 379 g/mol. The van der Waals surface area contributed by atoms with Crippen molar-refractivity contribution in [3.05, 3.63) is 29.8 Å². The minimum atomic E-state index is -0.500. The van der Waals surface area contributed by atoms with E-state index in [1.165, 1.54) is 7.11 Å². The number of nitrogens with zero attached hydrogens (tertiary/aromatic N) is 2. The van der Waals surface area contributed by atoms with Crippen LogP contribution in [0.4, 0.5) is 0 Å². The molecule has 0 saturated carbocycles. The first-order valence-electron chi connectivity index (χ1n) is 9.72. The molecule has 152 valence electrons. The van der Waals surface area contributed by atoms with Crippen LogP contribution in [0.2, 0.25) is 0 Å². The average molecular weight is 380 g/mol. The lowest BCUT2D eigenvalue weighted by atomic mass is 10.2. The molecule has 1 aliphatic heterocycles. The fourth-order valence-corrected chi connectivity index (χ4v) is 3.10. The van der Waals surface area contributed by atoms with Gasteiger partial charge in [0.25, 0.3) is 0 Å². The number of aliphatic hydroxyl groups is 1. The smallest absolute Gasteiger partial charge is 0.306 e. The molecule has 0 bridgehead atoms. The van der Waals surface area contributed by atoms with Crippen LogP contribution in [0.25, 0.3) is 0 Å². The SMILES string of the molecule is CCN1CCN(CC(O)COc2cccc(CNCCC(=O)OC)c2)CC1. The summed E-state index contributed by atoms with van der Waals surface area (Å²) in [7, 11) is 1.39. The first-order valence-corrected chi connectivity index (χ1v) is 9.72. The second kappa shape index (κ2) is 11.9. The maximum atomic E-state index is 11.1. The summed E-state index contributed by atoms with van der Waals surface area (Å²) in [6.07, 6.45) is -0.147.